The lowest BCUT2D eigenvalue weighted by Crippen LogP contribution is -2.40. The van der Waals surface area contributed by atoms with Gasteiger partial charge in [0.25, 0.3) is 5.91 Å². The smallest absolute Gasteiger partial charge is 0.287 e. The summed E-state index contributed by atoms with van der Waals surface area (Å²) in [7, 11) is 0. The van der Waals surface area contributed by atoms with E-state index in [4.69, 9.17) is 34.8 Å². The van der Waals surface area contributed by atoms with Crippen molar-refractivity contribution in [2.75, 3.05) is 6.54 Å². The van der Waals surface area contributed by atoms with Gasteiger partial charge in [0.1, 0.15) is 11.7 Å². The summed E-state index contributed by atoms with van der Waals surface area (Å²) in [5.74, 6) is -5.28. The molecule has 0 saturated carbocycles. The summed E-state index contributed by atoms with van der Waals surface area (Å²) < 4.78 is 96.7. The van der Waals surface area contributed by atoms with Crippen molar-refractivity contribution >= 4 is 46.5 Å². The number of allylic oxidation sites excluding steroid dienone is 1. The van der Waals surface area contributed by atoms with Gasteiger partial charge in [-0.3, -0.25) is 10.2 Å². The molecular weight excluding hydrogens is 548 g/mol. The Morgan fingerprint density at radius 2 is 1.57 bits per heavy atom. The zero-order valence-corrected chi connectivity index (χ0v) is 20.3. The summed E-state index contributed by atoms with van der Waals surface area (Å²) in [4.78, 5) is 12.2. The van der Waals surface area contributed by atoms with Crippen LogP contribution in [0.2, 0.25) is 15.1 Å². The standard InChI is InChI=1S/C22H18Cl3F7N2O/c1-10(2)9-33-34-20(35)13-4-3-11(5-15(13)22(30,31)32)18(26)8-14(21(27,28)29)12-6-16(23)19(25)17(24)7-12/h3-8,10,14,33H,9H2,1-2H3,(H,34,35)/b18-8-. The van der Waals surface area contributed by atoms with E-state index < -0.39 is 52.3 Å². The normalized spacial score (nSPS) is 13.8. The van der Waals surface area contributed by atoms with E-state index in [9.17, 15) is 35.5 Å². The monoisotopic (exact) mass is 564 g/mol. The van der Waals surface area contributed by atoms with E-state index in [0.29, 0.717) is 6.07 Å². The van der Waals surface area contributed by atoms with Crippen LogP contribution in [0, 0.1) is 5.92 Å². The number of alkyl halides is 6. The molecule has 0 saturated heterocycles. The Bertz CT molecular complexity index is 1090. The summed E-state index contributed by atoms with van der Waals surface area (Å²) >= 11 is 17.3. The largest absolute Gasteiger partial charge is 0.417 e. The maximum atomic E-state index is 14.9. The van der Waals surface area contributed by atoms with Gasteiger partial charge in [-0.2, -0.15) is 26.3 Å². The lowest BCUT2D eigenvalue weighted by Gasteiger charge is -2.19. The molecule has 1 atom stereocenters. The Morgan fingerprint density at radius 1 is 1.00 bits per heavy atom. The molecule has 0 aliphatic carbocycles. The highest BCUT2D eigenvalue weighted by Crippen LogP contribution is 2.42. The second-order valence-corrected chi connectivity index (χ2v) is 9.01. The lowest BCUT2D eigenvalue weighted by atomic mass is 9.95. The number of hydrogen-bond acceptors (Lipinski definition) is 2. The molecule has 13 heteroatoms. The van der Waals surface area contributed by atoms with Crippen molar-refractivity contribution < 1.29 is 35.5 Å². The first-order valence-corrected chi connectivity index (χ1v) is 11.0. The number of nitrogens with one attached hydrogen (secondary N) is 2. The average Bonchev–Trinajstić information content (AvgIpc) is 2.73. The highest BCUT2D eigenvalue weighted by atomic mass is 35.5. The molecule has 192 valence electrons. The Hall–Kier alpha value is -2.01. The number of rotatable bonds is 7. The maximum Gasteiger partial charge on any atom is 0.417 e. The minimum atomic E-state index is -5.10. The molecule has 0 aromatic heterocycles. The second kappa shape index (κ2) is 11.4. The fraction of sp³-hybridized carbons (Fsp3) is 0.318. The van der Waals surface area contributed by atoms with Gasteiger partial charge in [-0.05, 0) is 41.8 Å². The zero-order valence-electron chi connectivity index (χ0n) is 18.0. The SMILES string of the molecule is CC(C)CNNC(=O)c1ccc(/C(F)=C/C(c2cc(Cl)c(Cl)c(Cl)c2)C(F)(F)F)cc1C(F)(F)F. The van der Waals surface area contributed by atoms with Crippen LogP contribution >= 0.6 is 34.8 Å². The van der Waals surface area contributed by atoms with Gasteiger partial charge in [-0.1, -0.05) is 54.7 Å². The molecule has 35 heavy (non-hydrogen) atoms. The molecule has 3 nitrogen and oxygen atoms in total. The van der Waals surface area contributed by atoms with Crippen LogP contribution in [0.4, 0.5) is 30.7 Å². The van der Waals surface area contributed by atoms with Crippen LogP contribution in [0.1, 0.15) is 46.8 Å². The fourth-order valence-electron chi connectivity index (χ4n) is 2.91. The third-order valence-electron chi connectivity index (χ3n) is 4.59. The van der Waals surface area contributed by atoms with Gasteiger partial charge in [0.15, 0.2) is 0 Å². The van der Waals surface area contributed by atoms with Gasteiger partial charge in [-0.25, -0.2) is 9.82 Å². The quantitative estimate of drug-likeness (QED) is 0.202. The van der Waals surface area contributed by atoms with E-state index in [1.165, 1.54) is 0 Å². The third kappa shape index (κ3) is 7.73. The fourth-order valence-corrected chi connectivity index (χ4v) is 3.52. The Labute approximate surface area is 211 Å². The number of hydrazine groups is 1. The van der Waals surface area contributed by atoms with Crippen LogP contribution in [-0.2, 0) is 6.18 Å². The Morgan fingerprint density at radius 3 is 2.06 bits per heavy atom. The van der Waals surface area contributed by atoms with E-state index in [1.54, 1.807) is 13.8 Å². The molecule has 1 amide bonds. The Kier molecular flexibility index (Phi) is 9.49. The summed E-state index contributed by atoms with van der Waals surface area (Å²) in [5, 5.41) is -0.856. The molecule has 0 heterocycles. The molecule has 2 aromatic rings. The first kappa shape index (κ1) is 29.2. The van der Waals surface area contributed by atoms with Gasteiger partial charge in [-0.15, -0.1) is 0 Å². The van der Waals surface area contributed by atoms with Crippen molar-refractivity contribution in [3.05, 3.63) is 73.7 Å². The van der Waals surface area contributed by atoms with Gasteiger partial charge in [0, 0.05) is 12.1 Å². The molecule has 1 unspecified atom stereocenters. The molecule has 0 radical (unpaired) electrons. The minimum absolute atomic E-state index is 0.0750. The van der Waals surface area contributed by atoms with Crippen molar-refractivity contribution in [1.29, 1.82) is 0 Å². The highest BCUT2D eigenvalue weighted by molar-refractivity contribution is 6.48. The molecule has 0 spiro atoms. The van der Waals surface area contributed by atoms with E-state index >= 15 is 0 Å². The predicted octanol–water partition coefficient (Wildman–Crippen LogP) is 8.21. The predicted molar refractivity (Wildman–Crippen MR) is 121 cm³/mol. The molecule has 0 aliphatic rings. The molecule has 2 rings (SSSR count). The zero-order chi connectivity index (χ0) is 26.7. The van der Waals surface area contributed by atoms with Crippen LogP contribution in [0.15, 0.2) is 36.4 Å². The van der Waals surface area contributed by atoms with Crippen LogP contribution in [-0.4, -0.2) is 18.6 Å². The number of carbonyl (C=O) groups excluding carboxylic acids is 1. The summed E-state index contributed by atoms with van der Waals surface area (Å²) in [6, 6.07) is 3.37. The number of hydrogen-bond donors (Lipinski definition) is 2. The summed E-state index contributed by atoms with van der Waals surface area (Å²) in [6.07, 6.45) is -10.1. The van der Waals surface area contributed by atoms with E-state index in [1.807, 2.05) is 0 Å². The van der Waals surface area contributed by atoms with Gasteiger partial charge < -0.3 is 0 Å². The van der Waals surface area contributed by atoms with E-state index in [0.717, 1.165) is 18.2 Å². The number of amides is 1. The average molecular weight is 566 g/mol. The molecule has 2 N–H and O–H groups in total. The van der Waals surface area contributed by atoms with Gasteiger partial charge in [0.05, 0.1) is 26.2 Å². The van der Waals surface area contributed by atoms with Crippen molar-refractivity contribution in [2.45, 2.75) is 32.1 Å². The molecule has 0 fully saturated rings. The molecule has 0 bridgehead atoms. The second-order valence-electron chi connectivity index (χ2n) is 7.82. The van der Waals surface area contributed by atoms with E-state index in [2.05, 4.69) is 10.9 Å². The van der Waals surface area contributed by atoms with Crippen LogP contribution < -0.4 is 10.9 Å². The summed E-state index contributed by atoms with van der Waals surface area (Å²) in [5.41, 5.74) is 0.810. The van der Waals surface area contributed by atoms with Gasteiger partial charge >= 0.3 is 12.4 Å². The molecule has 2 aromatic carbocycles. The minimum Gasteiger partial charge on any atom is -0.287 e. The van der Waals surface area contributed by atoms with Crippen LogP contribution in [0.5, 0.6) is 0 Å². The van der Waals surface area contributed by atoms with Crippen molar-refractivity contribution in [3.8, 4) is 0 Å². The van der Waals surface area contributed by atoms with Crippen molar-refractivity contribution in [3.63, 3.8) is 0 Å². The molecule has 0 aliphatic heterocycles. The van der Waals surface area contributed by atoms with Crippen LogP contribution in [0.3, 0.4) is 0 Å². The van der Waals surface area contributed by atoms with Gasteiger partial charge in [0.2, 0.25) is 0 Å². The summed E-state index contributed by atoms with van der Waals surface area (Å²) in [6.45, 7) is 3.86. The third-order valence-corrected chi connectivity index (χ3v) is 5.79. The Balaban J connectivity index is 2.51. The number of benzene rings is 2. The van der Waals surface area contributed by atoms with Crippen molar-refractivity contribution in [1.82, 2.24) is 10.9 Å². The first-order valence-electron chi connectivity index (χ1n) is 9.85. The molecular formula is C22H18Cl3F7N2O. The number of carbonyl (C=O) groups is 1. The van der Waals surface area contributed by atoms with Crippen LogP contribution in [0.25, 0.3) is 5.83 Å². The topological polar surface area (TPSA) is 41.1 Å². The maximum absolute atomic E-state index is 14.9. The van der Waals surface area contributed by atoms with E-state index in [-0.39, 0.29) is 39.7 Å². The lowest BCUT2D eigenvalue weighted by molar-refractivity contribution is -0.140. The van der Waals surface area contributed by atoms with Crippen molar-refractivity contribution in [2.24, 2.45) is 5.92 Å². The first-order chi connectivity index (χ1) is 16.0. The highest BCUT2D eigenvalue weighted by Gasteiger charge is 2.41. The number of halogens is 10.